The largest absolute Gasteiger partial charge is 0.486 e. The van der Waals surface area contributed by atoms with Gasteiger partial charge in [0.25, 0.3) is 0 Å². The summed E-state index contributed by atoms with van der Waals surface area (Å²) in [4.78, 5) is 12.5. The number of anilines is 1. The second kappa shape index (κ2) is 11.1. The molecule has 1 N–H and O–H groups in total. The van der Waals surface area contributed by atoms with Gasteiger partial charge in [0, 0.05) is 31.1 Å². The summed E-state index contributed by atoms with van der Waals surface area (Å²) in [6.07, 6.45) is 1.32. The molecule has 0 unspecified atom stereocenters. The van der Waals surface area contributed by atoms with E-state index < -0.39 is 21.7 Å². The van der Waals surface area contributed by atoms with Crippen molar-refractivity contribution in [3.8, 4) is 17.0 Å². The van der Waals surface area contributed by atoms with Crippen molar-refractivity contribution in [1.29, 1.82) is 0 Å². The fraction of sp³-hybridized carbons (Fsp3) is 0.385. The van der Waals surface area contributed by atoms with Crippen LogP contribution in [0.4, 0.5) is 14.5 Å². The number of nitrogens with zero attached hydrogens (tertiary/aromatic N) is 4. The maximum atomic E-state index is 14.9. The Morgan fingerprint density at radius 1 is 1.14 bits per heavy atom. The Labute approximate surface area is 216 Å². The standard InChI is InChI=1S/C26H31F2N5O3S/c1-17(2)33-11-12-36-26-21(27)14-19(15-23(26)33)25-22(28)16-29-24(31-25)13-18-5-7-20(8-6-18)37(34,35)30-9-10-32(3)4/h5-8,14-17,30H,9-13H2,1-4H3. The number of hydrogen-bond donors (Lipinski definition) is 1. The average Bonchev–Trinajstić information content (AvgIpc) is 2.84. The molecule has 1 aromatic heterocycles. The summed E-state index contributed by atoms with van der Waals surface area (Å²) in [6.45, 7) is 5.85. The molecule has 0 atom stereocenters. The van der Waals surface area contributed by atoms with E-state index in [0.717, 1.165) is 11.8 Å². The molecule has 0 radical (unpaired) electrons. The van der Waals surface area contributed by atoms with Crippen LogP contribution in [0, 0.1) is 11.6 Å². The molecule has 0 saturated carbocycles. The summed E-state index contributed by atoms with van der Waals surface area (Å²) < 4.78 is 62.7. The van der Waals surface area contributed by atoms with Crippen LogP contribution >= 0.6 is 0 Å². The minimum atomic E-state index is -3.62. The summed E-state index contributed by atoms with van der Waals surface area (Å²) in [7, 11) is 0.104. The van der Waals surface area contributed by atoms with Crippen molar-refractivity contribution in [2.24, 2.45) is 0 Å². The van der Waals surface area contributed by atoms with Crippen molar-refractivity contribution >= 4 is 15.7 Å². The minimum absolute atomic E-state index is 0.00901. The highest BCUT2D eigenvalue weighted by Crippen LogP contribution is 2.39. The van der Waals surface area contributed by atoms with Gasteiger partial charge in [-0.25, -0.2) is 31.9 Å². The maximum absolute atomic E-state index is 14.9. The molecule has 0 bridgehead atoms. The zero-order valence-electron chi connectivity index (χ0n) is 21.3. The molecule has 1 aliphatic heterocycles. The molecule has 0 amide bonds. The van der Waals surface area contributed by atoms with Crippen molar-refractivity contribution in [3.05, 3.63) is 65.6 Å². The summed E-state index contributed by atoms with van der Waals surface area (Å²) in [6, 6.07) is 9.38. The van der Waals surface area contributed by atoms with E-state index in [1.165, 1.54) is 18.2 Å². The number of ether oxygens (including phenoxy) is 1. The SMILES string of the molecule is CC(C)N1CCOc2c(F)cc(-c3nc(Cc4ccc(S(=O)(=O)NCCN(C)C)cc4)ncc3F)cc21. The van der Waals surface area contributed by atoms with E-state index in [2.05, 4.69) is 14.7 Å². The van der Waals surface area contributed by atoms with Crippen LogP contribution < -0.4 is 14.4 Å². The number of halogens is 2. The summed E-state index contributed by atoms with van der Waals surface area (Å²) in [5.74, 6) is -0.759. The lowest BCUT2D eigenvalue weighted by Crippen LogP contribution is -2.38. The Bertz CT molecular complexity index is 1370. The molecule has 4 rings (SSSR count). The Morgan fingerprint density at radius 3 is 2.54 bits per heavy atom. The van der Waals surface area contributed by atoms with E-state index >= 15 is 0 Å². The van der Waals surface area contributed by atoms with Gasteiger partial charge >= 0.3 is 0 Å². The molecular weight excluding hydrogens is 500 g/mol. The van der Waals surface area contributed by atoms with E-state index in [1.54, 1.807) is 18.2 Å². The molecule has 0 saturated heterocycles. The molecule has 3 aromatic rings. The van der Waals surface area contributed by atoms with Crippen LogP contribution in [-0.2, 0) is 16.4 Å². The number of rotatable bonds is 9. The lowest BCUT2D eigenvalue weighted by atomic mass is 10.1. The zero-order valence-corrected chi connectivity index (χ0v) is 22.1. The number of sulfonamides is 1. The number of nitrogens with one attached hydrogen (secondary N) is 1. The first-order chi connectivity index (χ1) is 17.5. The summed E-state index contributed by atoms with van der Waals surface area (Å²) in [5, 5.41) is 0. The van der Waals surface area contributed by atoms with Gasteiger partial charge < -0.3 is 14.5 Å². The second-order valence-electron chi connectivity index (χ2n) is 9.45. The van der Waals surface area contributed by atoms with Crippen LogP contribution in [0.25, 0.3) is 11.3 Å². The van der Waals surface area contributed by atoms with Gasteiger partial charge in [0.05, 0.1) is 23.3 Å². The molecule has 198 valence electrons. The number of likely N-dealkylation sites (N-methyl/N-ethyl adjacent to an activating group) is 1. The number of hydrogen-bond acceptors (Lipinski definition) is 7. The van der Waals surface area contributed by atoms with E-state index in [-0.39, 0.29) is 28.8 Å². The lowest BCUT2D eigenvalue weighted by Gasteiger charge is -2.34. The quantitative estimate of drug-likeness (QED) is 0.453. The van der Waals surface area contributed by atoms with Gasteiger partial charge in [0.1, 0.15) is 18.1 Å². The molecule has 2 heterocycles. The monoisotopic (exact) mass is 531 g/mol. The van der Waals surface area contributed by atoms with E-state index in [4.69, 9.17) is 4.74 Å². The summed E-state index contributed by atoms with van der Waals surface area (Å²) in [5.41, 5.74) is 1.59. The molecule has 37 heavy (non-hydrogen) atoms. The van der Waals surface area contributed by atoms with Crippen LogP contribution in [0.2, 0.25) is 0 Å². The molecule has 8 nitrogen and oxygen atoms in total. The third-order valence-corrected chi connectivity index (χ3v) is 7.53. The number of fused-ring (bicyclic) bond motifs is 1. The van der Waals surface area contributed by atoms with Crippen LogP contribution in [0.1, 0.15) is 25.2 Å². The molecule has 11 heteroatoms. The van der Waals surface area contributed by atoms with Crippen molar-refractivity contribution in [1.82, 2.24) is 19.6 Å². The first-order valence-corrected chi connectivity index (χ1v) is 13.5. The molecular formula is C26H31F2N5O3S. The van der Waals surface area contributed by atoms with Gasteiger partial charge in [-0.1, -0.05) is 12.1 Å². The maximum Gasteiger partial charge on any atom is 0.240 e. The highest BCUT2D eigenvalue weighted by molar-refractivity contribution is 7.89. The zero-order chi connectivity index (χ0) is 26.7. The normalized spacial score (nSPS) is 13.7. The third-order valence-electron chi connectivity index (χ3n) is 6.05. The molecule has 1 aliphatic rings. The highest BCUT2D eigenvalue weighted by atomic mass is 32.2. The fourth-order valence-corrected chi connectivity index (χ4v) is 5.14. The average molecular weight is 532 g/mol. The Morgan fingerprint density at radius 2 is 1.86 bits per heavy atom. The number of benzene rings is 2. The minimum Gasteiger partial charge on any atom is -0.486 e. The topological polar surface area (TPSA) is 87.7 Å². The smallest absolute Gasteiger partial charge is 0.240 e. The van der Waals surface area contributed by atoms with E-state index in [9.17, 15) is 17.2 Å². The van der Waals surface area contributed by atoms with E-state index in [0.29, 0.717) is 43.3 Å². The van der Waals surface area contributed by atoms with Crippen LogP contribution in [0.15, 0.2) is 47.5 Å². The molecule has 0 fully saturated rings. The Kier molecular flexibility index (Phi) is 8.05. The van der Waals surface area contributed by atoms with Crippen molar-refractivity contribution in [3.63, 3.8) is 0 Å². The van der Waals surface area contributed by atoms with Crippen LogP contribution in [-0.4, -0.2) is 69.7 Å². The Hall–Kier alpha value is -3.15. The fourth-order valence-electron chi connectivity index (χ4n) is 4.12. The first-order valence-electron chi connectivity index (χ1n) is 12.0. The third kappa shape index (κ3) is 6.23. The van der Waals surface area contributed by atoms with Gasteiger partial charge in [-0.05, 0) is 57.8 Å². The summed E-state index contributed by atoms with van der Waals surface area (Å²) >= 11 is 0. The number of aromatic nitrogens is 2. The van der Waals surface area contributed by atoms with Gasteiger partial charge in [-0.15, -0.1) is 0 Å². The van der Waals surface area contributed by atoms with Crippen molar-refractivity contribution in [2.45, 2.75) is 31.2 Å². The predicted molar refractivity (Wildman–Crippen MR) is 138 cm³/mol. The van der Waals surface area contributed by atoms with E-state index in [1.807, 2.05) is 37.7 Å². The van der Waals surface area contributed by atoms with Gasteiger partial charge in [0.15, 0.2) is 17.4 Å². The van der Waals surface area contributed by atoms with Gasteiger partial charge in [-0.2, -0.15) is 0 Å². The molecule has 2 aromatic carbocycles. The second-order valence-corrected chi connectivity index (χ2v) is 11.2. The molecule has 0 spiro atoms. The van der Waals surface area contributed by atoms with Crippen molar-refractivity contribution in [2.75, 3.05) is 45.2 Å². The Balaban J connectivity index is 1.57. The van der Waals surface area contributed by atoms with Crippen LogP contribution in [0.3, 0.4) is 0 Å². The van der Waals surface area contributed by atoms with Crippen LogP contribution in [0.5, 0.6) is 5.75 Å². The molecule has 0 aliphatic carbocycles. The lowest BCUT2D eigenvalue weighted by molar-refractivity contribution is 0.287. The predicted octanol–water partition coefficient (Wildman–Crippen LogP) is 3.46. The van der Waals surface area contributed by atoms with Crippen molar-refractivity contribution < 1.29 is 21.9 Å². The van der Waals surface area contributed by atoms with Gasteiger partial charge in [-0.3, -0.25) is 0 Å². The van der Waals surface area contributed by atoms with Gasteiger partial charge in [0.2, 0.25) is 10.0 Å². The first kappa shape index (κ1) is 26.9. The highest BCUT2D eigenvalue weighted by Gasteiger charge is 2.25.